The molecule has 6 heteroatoms. The maximum absolute atomic E-state index is 12.5. The zero-order chi connectivity index (χ0) is 18.1. The molecule has 3 heterocycles. The fraction of sp³-hybridized carbons (Fsp3) is 0.500. The van der Waals surface area contributed by atoms with Crippen molar-refractivity contribution in [1.29, 1.82) is 0 Å². The van der Waals surface area contributed by atoms with Gasteiger partial charge < -0.3 is 9.64 Å². The van der Waals surface area contributed by atoms with E-state index in [1.54, 1.807) is 24.8 Å². The Morgan fingerprint density at radius 1 is 1.12 bits per heavy atom. The molecule has 0 bridgehead atoms. The number of hydrogen-bond donors (Lipinski definition) is 0. The third-order valence-corrected chi connectivity index (χ3v) is 5.48. The van der Waals surface area contributed by atoms with Gasteiger partial charge in [-0.2, -0.15) is 0 Å². The van der Waals surface area contributed by atoms with E-state index < -0.39 is 0 Å². The molecule has 4 rings (SSSR count). The minimum atomic E-state index is 0.0676. The van der Waals surface area contributed by atoms with Crippen LogP contribution in [0.4, 0.5) is 0 Å². The first-order valence-corrected chi connectivity index (χ1v) is 9.21. The maximum atomic E-state index is 12.5. The third-order valence-electron chi connectivity index (χ3n) is 5.48. The average Bonchev–Trinajstić information content (AvgIpc) is 3.31. The Balaban J connectivity index is 1.30. The van der Waals surface area contributed by atoms with Crippen LogP contribution in [0.2, 0.25) is 0 Å². The summed E-state index contributed by atoms with van der Waals surface area (Å²) in [7, 11) is 0. The van der Waals surface area contributed by atoms with Crippen molar-refractivity contribution in [2.45, 2.75) is 39.2 Å². The summed E-state index contributed by atoms with van der Waals surface area (Å²) in [5.74, 6) is 0.524. The molecule has 1 aliphatic carbocycles. The molecule has 0 spiro atoms. The fourth-order valence-corrected chi connectivity index (χ4v) is 3.52. The lowest BCUT2D eigenvalue weighted by atomic mass is 10.1. The summed E-state index contributed by atoms with van der Waals surface area (Å²) < 4.78 is 5.92. The van der Waals surface area contributed by atoms with Crippen LogP contribution in [-0.2, 0) is 4.79 Å². The van der Waals surface area contributed by atoms with E-state index in [1.165, 1.54) is 0 Å². The summed E-state index contributed by atoms with van der Waals surface area (Å²) in [5, 5.41) is 0. The molecule has 1 aliphatic heterocycles. The molecule has 0 N–H and O–H groups in total. The number of pyridine rings is 1. The minimum absolute atomic E-state index is 0.0676. The SMILES string of the molecule is CC1(C)CC1C(=O)N1CCC(Oc2ncc(-c3ccncc3)cn2)CC1. The average molecular weight is 352 g/mol. The maximum Gasteiger partial charge on any atom is 0.316 e. The van der Waals surface area contributed by atoms with E-state index >= 15 is 0 Å². The van der Waals surface area contributed by atoms with Gasteiger partial charge in [-0.3, -0.25) is 9.78 Å². The molecule has 1 atom stereocenters. The molecule has 0 radical (unpaired) electrons. The number of hydrogen-bond acceptors (Lipinski definition) is 5. The monoisotopic (exact) mass is 352 g/mol. The Bertz CT molecular complexity index is 768. The van der Waals surface area contributed by atoms with Crippen molar-refractivity contribution in [2.24, 2.45) is 11.3 Å². The lowest BCUT2D eigenvalue weighted by molar-refractivity contribution is -0.135. The molecule has 26 heavy (non-hydrogen) atoms. The largest absolute Gasteiger partial charge is 0.460 e. The first-order chi connectivity index (χ1) is 12.5. The van der Waals surface area contributed by atoms with Gasteiger partial charge in [-0.1, -0.05) is 13.8 Å². The second-order valence-corrected chi connectivity index (χ2v) is 7.88. The lowest BCUT2D eigenvalue weighted by Gasteiger charge is -2.32. The van der Waals surface area contributed by atoms with Crippen molar-refractivity contribution in [2.75, 3.05) is 13.1 Å². The van der Waals surface area contributed by atoms with Crippen LogP contribution in [-0.4, -0.2) is 45.0 Å². The Labute approximate surface area is 153 Å². The number of rotatable bonds is 4. The molecule has 136 valence electrons. The van der Waals surface area contributed by atoms with Crippen LogP contribution in [0.5, 0.6) is 6.01 Å². The topological polar surface area (TPSA) is 68.2 Å². The highest BCUT2D eigenvalue weighted by Gasteiger charge is 2.52. The summed E-state index contributed by atoms with van der Waals surface area (Å²) in [6, 6.07) is 4.25. The van der Waals surface area contributed by atoms with E-state index in [1.807, 2.05) is 17.0 Å². The summed E-state index contributed by atoms with van der Waals surface area (Å²) in [4.78, 5) is 27.1. The second kappa shape index (κ2) is 6.67. The van der Waals surface area contributed by atoms with Gasteiger partial charge in [-0.15, -0.1) is 0 Å². The molecule has 2 aromatic rings. The van der Waals surface area contributed by atoms with E-state index in [2.05, 4.69) is 28.8 Å². The van der Waals surface area contributed by atoms with Gasteiger partial charge in [0.2, 0.25) is 5.91 Å². The first-order valence-electron chi connectivity index (χ1n) is 9.21. The van der Waals surface area contributed by atoms with Crippen LogP contribution in [0.1, 0.15) is 33.1 Å². The quantitative estimate of drug-likeness (QED) is 0.846. The number of aromatic nitrogens is 3. The van der Waals surface area contributed by atoms with E-state index in [9.17, 15) is 4.79 Å². The summed E-state index contributed by atoms with van der Waals surface area (Å²) in [6.07, 6.45) is 9.77. The van der Waals surface area contributed by atoms with Crippen molar-refractivity contribution >= 4 is 5.91 Å². The molecule has 1 saturated heterocycles. The third kappa shape index (κ3) is 3.54. The number of ether oxygens (including phenoxy) is 1. The van der Waals surface area contributed by atoms with Crippen LogP contribution in [0.15, 0.2) is 36.9 Å². The highest BCUT2D eigenvalue weighted by atomic mass is 16.5. The highest BCUT2D eigenvalue weighted by molar-refractivity contribution is 5.82. The van der Waals surface area contributed by atoms with Gasteiger partial charge in [0, 0.05) is 62.2 Å². The van der Waals surface area contributed by atoms with Gasteiger partial charge in [-0.25, -0.2) is 9.97 Å². The van der Waals surface area contributed by atoms with Gasteiger partial charge in [0.25, 0.3) is 0 Å². The van der Waals surface area contributed by atoms with Gasteiger partial charge in [0.1, 0.15) is 6.10 Å². The molecule has 1 unspecified atom stereocenters. The normalized spacial score (nSPS) is 22.1. The Morgan fingerprint density at radius 2 is 1.73 bits per heavy atom. The van der Waals surface area contributed by atoms with Gasteiger partial charge >= 0.3 is 6.01 Å². The Hall–Kier alpha value is -2.50. The van der Waals surface area contributed by atoms with Crippen LogP contribution in [0, 0.1) is 11.3 Å². The summed E-state index contributed by atoms with van der Waals surface area (Å²) in [6.45, 7) is 5.84. The first kappa shape index (κ1) is 16.9. The lowest BCUT2D eigenvalue weighted by Crippen LogP contribution is -2.43. The highest BCUT2D eigenvalue weighted by Crippen LogP contribution is 2.52. The van der Waals surface area contributed by atoms with E-state index in [0.29, 0.717) is 11.9 Å². The van der Waals surface area contributed by atoms with Crippen molar-refractivity contribution < 1.29 is 9.53 Å². The van der Waals surface area contributed by atoms with E-state index in [-0.39, 0.29) is 17.4 Å². The molecule has 2 fully saturated rings. The minimum Gasteiger partial charge on any atom is -0.460 e. The predicted molar refractivity (Wildman–Crippen MR) is 97.4 cm³/mol. The van der Waals surface area contributed by atoms with Crippen LogP contribution in [0.3, 0.4) is 0 Å². The zero-order valence-corrected chi connectivity index (χ0v) is 15.3. The van der Waals surface area contributed by atoms with Crippen LogP contribution in [0.25, 0.3) is 11.1 Å². The van der Waals surface area contributed by atoms with Crippen molar-refractivity contribution in [3.05, 3.63) is 36.9 Å². The second-order valence-electron chi connectivity index (χ2n) is 7.88. The van der Waals surface area contributed by atoms with Crippen molar-refractivity contribution in [1.82, 2.24) is 19.9 Å². The summed E-state index contributed by atoms with van der Waals surface area (Å²) in [5.41, 5.74) is 2.16. The number of likely N-dealkylation sites (tertiary alicyclic amines) is 1. The molecular formula is C20H24N4O2. The van der Waals surface area contributed by atoms with Crippen LogP contribution < -0.4 is 4.74 Å². The van der Waals surface area contributed by atoms with Gasteiger partial charge in [-0.05, 0) is 29.5 Å². The van der Waals surface area contributed by atoms with E-state index in [0.717, 1.165) is 43.5 Å². The number of carbonyl (C=O) groups excluding carboxylic acids is 1. The van der Waals surface area contributed by atoms with Gasteiger partial charge in [0.05, 0.1) is 0 Å². The molecule has 0 aromatic carbocycles. The zero-order valence-electron chi connectivity index (χ0n) is 15.3. The Kier molecular flexibility index (Phi) is 4.34. The molecule has 1 saturated carbocycles. The van der Waals surface area contributed by atoms with Gasteiger partial charge in [0.15, 0.2) is 0 Å². The van der Waals surface area contributed by atoms with E-state index in [4.69, 9.17) is 4.74 Å². The molecule has 2 aliphatic rings. The fourth-order valence-electron chi connectivity index (χ4n) is 3.52. The van der Waals surface area contributed by atoms with Crippen LogP contribution >= 0.6 is 0 Å². The Morgan fingerprint density at radius 3 is 2.31 bits per heavy atom. The smallest absolute Gasteiger partial charge is 0.316 e. The number of nitrogens with zero attached hydrogens (tertiary/aromatic N) is 4. The summed E-state index contributed by atoms with van der Waals surface area (Å²) >= 11 is 0. The van der Waals surface area contributed by atoms with Crippen molar-refractivity contribution in [3.8, 4) is 17.1 Å². The number of amides is 1. The standard InChI is InChI=1S/C20H24N4O2/c1-20(2)11-17(20)18(25)24-9-5-16(6-10-24)26-19-22-12-15(13-23-19)14-3-7-21-8-4-14/h3-4,7-8,12-13,16-17H,5-6,9-11H2,1-2H3. The molecule has 1 amide bonds. The molecular weight excluding hydrogens is 328 g/mol. The predicted octanol–water partition coefficient (Wildman–Crippen LogP) is 2.95. The number of carbonyl (C=O) groups is 1. The van der Waals surface area contributed by atoms with Crippen molar-refractivity contribution in [3.63, 3.8) is 0 Å². The molecule has 2 aromatic heterocycles. The number of piperidine rings is 1. The molecule has 6 nitrogen and oxygen atoms in total.